The number of ether oxygens (including phenoxy) is 1. The van der Waals surface area contributed by atoms with Gasteiger partial charge in [-0.05, 0) is 62.1 Å². The van der Waals surface area contributed by atoms with Gasteiger partial charge in [-0.1, -0.05) is 62.7 Å². The molecule has 11 N–H and O–H groups in total. The Morgan fingerprint density at radius 3 is 2.20 bits per heavy atom. The van der Waals surface area contributed by atoms with E-state index in [1.165, 1.54) is 24.5 Å². The minimum Gasteiger partial charge on any atom is -0.370 e. The molecule has 0 saturated heterocycles. The monoisotopic (exact) mass is 899 g/mol. The summed E-state index contributed by atoms with van der Waals surface area (Å²) in [4.78, 5) is 81.2. The quantitative estimate of drug-likeness (QED) is 0.0181. The first-order valence-electron chi connectivity index (χ1n) is 21.3. The van der Waals surface area contributed by atoms with Crippen molar-refractivity contribution < 1.29 is 28.7 Å². The van der Waals surface area contributed by atoms with E-state index >= 15 is 0 Å². The van der Waals surface area contributed by atoms with Crippen LogP contribution >= 0.6 is 11.3 Å². The van der Waals surface area contributed by atoms with Crippen molar-refractivity contribution in [3.63, 3.8) is 0 Å². The second-order valence-corrected chi connectivity index (χ2v) is 16.8. The molecular formula is C44H61N13O6S. The number of guanidine groups is 2. The third-order valence-corrected chi connectivity index (χ3v) is 11.0. The maximum atomic E-state index is 14.2. The average Bonchev–Trinajstić information content (AvgIpc) is 3.90. The Morgan fingerprint density at radius 2 is 1.52 bits per heavy atom. The first-order chi connectivity index (χ1) is 30.7. The van der Waals surface area contributed by atoms with Gasteiger partial charge in [-0.15, -0.1) is 11.3 Å². The lowest BCUT2D eigenvalue weighted by Gasteiger charge is -2.24. The molecule has 0 saturated carbocycles. The highest BCUT2D eigenvalue weighted by atomic mass is 32.1. The van der Waals surface area contributed by atoms with Crippen LogP contribution in [0.25, 0.3) is 10.2 Å². The summed E-state index contributed by atoms with van der Waals surface area (Å²) in [6.45, 7) is 6.44. The molecule has 4 rings (SSSR count). The van der Waals surface area contributed by atoms with Gasteiger partial charge in [-0.2, -0.15) is 0 Å². The van der Waals surface area contributed by atoms with Gasteiger partial charge in [0.1, 0.15) is 18.8 Å². The lowest BCUT2D eigenvalue weighted by atomic mass is 9.98. The molecule has 0 spiro atoms. The number of aliphatic imine (C=N–C) groups is 1. The van der Waals surface area contributed by atoms with E-state index in [9.17, 15) is 24.0 Å². The van der Waals surface area contributed by atoms with Crippen molar-refractivity contribution in [2.75, 3.05) is 13.1 Å². The zero-order valence-electron chi connectivity index (χ0n) is 36.6. The van der Waals surface area contributed by atoms with Gasteiger partial charge in [0.05, 0.1) is 35.1 Å². The molecule has 344 valence electrons. The highest BCUT2D eigenvalue weighted by Gasteiger charge is 2.31. The molecule has 4 atom stereocenters. The zero-order chi connectivity index (χ0) is 46.4. The Kier molecular flexibility index (Phi) is 20.5. The maximum Gasteiger partial charge on any atom is 0.268 e. The highest BCUT2D eigenvalue weighted by molar-refractivity contribution is 7.20. The first kappa shape index (κ1) is 50.1. The minimum absolute atomic E-state index is 0.0389. The molecule has 2 heterocycles. The van der Waals surface area contributed by atoms with Crippen molar-refractivity contribution in [3.8, 4) is 0 Å². The number of benzene rings is 2. The Labute approximate surface area is 377 Å². The summed E-state index contributed by atoms with van der Waals surface area (Å²) in [5.41, 5.74) is 13.2. The Bertz CT molecular complexity index is 2180. The van der Waals surface area contributed by atoms with Crippen molar-refractivity contribution in [2.45, 2.75) is 104 Å². The SMILES string of the molecule is CC(=O)N[C@@H](Cc1cncn1COCc1ccccc1)C(=O)/N=C/C(CCCCNC(=N)N)C(=O)N[C@@H](CCC(C)C)C(=O)N[C@@H](CCCNC(=N)N)C(=O)c1nc2ccccc2s1. The molecule has 0 bridgehead atoms. The standard InChI is InChI=1S/C44H61N13O6S/c1-28(2)18-19-35(41(62)54-34(16-11-21-51-44(47)48)38(59)42-56-33-15-7-8-17-37(33)64-42)55-39(60)31(14-9-10-20-50-43(45)46)23-52-40(61)36(53-29(3)58)22-32-24-49-26-57(32)27-63-25-30-12-5-4-6-13-30/h4-8,12-13,15,17,23-24,26,28,31,34-36H,9-11,14,16,18-22,25,27H2,1-3H3,(H,53,58)(H,54,62)(H,55,60)(H4,45,46,50)(H4,47,48,51)/b52-23+/t31?,34-,35-,36-/m0/s1. The van der Waals surface area contributed by atoms with Gasteiger partial charge in [-0.3, -0.25) is 34.8 Å². The number of carbonyl (C=O) groups is 5. The molecule has 0 aliphatic heterocycles. The normalized spacial score (nSPS) is 13.2. The van der Waals surface area contributed by atoms with Crippen molar-refractivity contribution in [1.29, 1.82) is 10.8 Å². The molecular weight excluding hydrogens is 839 g/mol. The van der Waals surface area contributed by atoms with Crippen LogP contribution in [0.2, 0.25) is 0 Å². The fraction of sp³-hybridized carbons (Fsp3) is 0.455. The van der Waals surface area contributed by atoms with Crippen molar-refractivity contribution in [3.05, 3.63) is 83.4 Å². The van der Waals surface area contributed by atoms with E-state index in [4.69, 9.17) is 27.0 Å². The number of amides is 4. The van der Waals surface area contributed by atoms with Gasteiger partial charge in [0, 0.05) is 44.5 Å². The zero-order valence-corrected chi connectivity index (χ0v) is 37.4. The number of imidazole rings is 1. The number of hydrogen-bond donors (Lipinski definition) is 9. The number of ketones is 1. The summed E-state index contributed by atoms with van der Waals surface area (Å²) in [5, 5.41) is 29.1. The smallest absolute Gasteiger partial charge is 0.268 e. The Balaban J connectivity index is 1.53. The van der Waals surface area contributed by atoms with Crippen LogP contribution in [0.5, 0.6) is 0 Å². The molecule has 2 aromatic carbocycles. The van der Waals surface area contributed by atoms with E-state index in [2.05, 4.69) is 41.5 Å². The van der Waals surface area contributed by atoms with Crippen LogP contribution in [0.4, 0.5) is 0 Å². The second kappa shape index (κ2) is 26.2. The van der Waals surface area contributed by atoms with E-state index in [1.54, 1.807) is 23.2 Å². The molecule has 4 amide bonds. The van der Waals surface area contributed by atoms with Crippen LogP contribution in [0.15, 0.2) is 72.1 Å². The fourth-order valence-corrected chi connectivity index (χ4v) is 7.57. The predicted octanol–water partition coefficient (Wildman–Crippen LogP) is 3.13. The van der Waals surface area contributed by atoms with Gasteiger partial charge in [0.25, 0.3) is 5.91 Å². The lowest BCUT2D eigenvalue weighted by molar-refractivity contribution is -0.130. The number of thiazole rings is 1. The van der Waals surface area contributed by atoms with E-state index in [1.807, 2.05) is 62.4 Å². The fourth-order valence-electron chi connectivity index (χ4n) is 6.61. The number of fused-ring (bicyclic) bond motifs is 1. The maximum absolute atomic E-state index is 14.2. The van der Waals surface area contributed by atoms with Crippen molar-refractivity contribution in [1.82, 2.24) is 41.1 Å². The van der Waals surface area contributed by atoms with Gasteiger partial charge >= 0.3 is 0 Å². The van der Waals surface area contributed by atoms with Crippen molar-refractivity contribution in [2.24, 2.45) is 28.3 Å². The van der Waals surface area contributed by atoms with Crippen LogP contribution in [0, 0.1) is 22.7 Å². The highest BCUT2D eigenvalue weighted by Crippen LogP contribution is 2.24. The number of para-hydroxylation sites is 1. The number of Topliss-reactive ketones (excluding diaryl/α,β-unsaturated/α-hetero) is 1. The first-order valence-corrected chi connectivity index (χ1v) is 22.1. The van der Waals surface area contributed by atoms with Gasteiger partial charge in [-0.25, -0.2) is 15.0 Å². The van der Waals surface area contributed by atoms with Crippen LogP contribution in [0.3, 0.4) is 0 Å². The number of rotatable bonds is 27. The van der Waals surface area contributed by atoms with Crippen LogP contribution in [-0.2, 0) is 43.7 Å². The van der Waals surface area contributed by atoms with Crippen molar-refractivity contribution >= 4 is 69.1 Å². The lowest BCUT2D eigenvalue weighted by Crippen LogP contribution is -2.53. The number of carbonyl (C=O) groups excluding carboxylic acids is 5. The predicted molar refractivity (Wildman–Crippen MR) is 247 cm³/mol. The largest absolute Gasteiger partial charge is 0.370 e. The minimum atomic E-state index is -1.10. The summed E-state index contributed by atoms with van der Waals surface area (Å²) < 4.78 is 8.41. The number of nitrogens with one attached hydrogen (secondary N) is 7. The second-order valence-electron chi connectivity index (χ2n) is 15.8. The number of aromatic nitrogens is 3. The van der Waals surface area contributed by atoms with Crippen LogP contribution in [-0.4, -0.2) is 93.3 Å². The molecule has 0 radical (unpaired) electrons. The molecule has 0 aliphatic carbocycles. The van der Waals surface area contributed by atoms with E-state index in [0.29, 0.717) is 56.6 Å². The third kappa shape index (κ3) is 17.3. The topological polar surface area (TPSA) is 298 Å². The molecule has 2 aromatic heterocycles. The van der Waals surface area contributed by atoms with Crippen LogP contribution < -0.4 is 38.1 Å². The van der Waals surface area contributed by atoms with Gasteiger partial charge in [0.2, 0.25) is 23.5 Å². The summed E-state index contributed by atoms with van der Waals surface area (Å²) >= 11 is 1.22. The summed E-state index contributed by atoms with van der Waals surface area (Å²) in [5.74, 6) is -3.90. The number of nitrogens with two attached hydrogens (primary N) is 2. The molecule has 4 aromatic rings. The summed E-state index contributed by atoms with van der Waals surface area (Å²) in [6, 6.07) is 13.8. The molecule has 19 nitrogen and oxygen atoms in total. The van der Waals surface area contributed by atoms with Gasteiger partial charge < -0.3 is 47.4 Å². The van der Waals surface area contributed by atoms with E-state index in [-0.39, 0.29) is 61.0 Å². The van der Waals surface area contributed by atoms with Crippen LogP contribution in [0.1, 0.15) is 86.8 Å². The summed E-state index contributed by atoms with van der Waals surface area (Å²) in [7, 11) is 0. The summed E-state index contributed by atoms with van der Waals surface area (Å²) in [6.07, 6.45) is 7.04. The number of hydrogen-bond acceptors (Lipinski definition) is 11. The molecule has 1 unspecified atom stereocenters. The third-order valence-electron chi connectivity index (χ3n) is 9.99. The average molecular weight is 900 g/mol. The van der Waals surface area contributed by atoms with E-state index in [0.717, 1.165) is 10.3 Å². The Hall–Kier alpha value is -6.54. The molecule has 64 heavy (non-hydrogen) atoms. The van der Waals surface area contributed by atoms with Gasteiger partial charge in [0.15, 0.2) is 16.9 Å². The molecule has 0 aliphatic rings. The Morgan fingerprint density at radius 1 is 0.828 bits per heavy atom. The number of unbranched alkanes of at least 4 members (excludes halogenated alkanes) is 1. The molecule has 0 fully saturated rings. The number of nitrogens with zero attached hydrogens (tertiary/aromatic N) is 4. The van der Waals surface area contributed by atoms with E-state index < -0.39 is 47.7 Å². The molecule has 20 heteroatoms.